The SMILES string of the molecule is Nc1nc(=O)n([C@H]2C[C@H](O)[C@@H](CO)O2)cc1C#CCCCCc1cn(Cc2ccccc2)nn1.Nc1nc(=O)n([C@H]2C[C@H](O)[C@@H](CO)O2)cc1C#CCCCCc1cn(Cc2ccccc2)nn1. The van der Waals surface area contributed by atoms with Crippen molar-refractivity contribution in [2.75, 3.05) is 24.7 Å². The van der Waals surface area contributed by atoms with E-state index in [-0.39, 0.29) is 37.7 Å². The van der Waals surface area contributed by atoms with Crippen LogP contribution in [0.5, 0.6) is 0 Å². The third-order valence-electron chi connectivity index (χ3n) is 11.3. The van der Waals surface area contributed by atoms with Gasteiger partial charge in [-0.15, -0.1) is 10.2 Å². The van der Waals surface area contributed by atoms with Crippen molar-refractivity contribution in [1.82, 2.24) is 49.1 Å². The van der Waals surface area contributed by atoms with Crippen LogP contribution in [-0.2, 0) is 35.4 Å². The molecule has 4 aromatic heterocycles. The van der Waals surface area contributed by atoms with Crippen molar-refractivity contribution in [3.05, 3.63) is 140 Å². The molecule has 6 atom stereocenters. The predicted molar refractivity (Wildman–Crippen MR) is 249 cm³/mol. The molecular formula is C48H56N12O8. The quantitative estimate of drug-likeness (QED) is 0.0596. The number of nitrogen functional groups attached to an aromatic ring is 2. The molecular weight excluding hydrogens is 873 g/mol. The van der Waals surface area contributed by atoms with Crippen LogP contribution in [0.1, 0.15) is 97.5 Å². The fourth-order valence-corrected chi connectivity index (χ4v) is 7.62. The van der Waals surface area contributed by atoms with Gasteiger partial charge >= 0.3 is 11.4 Å². The first kappa shape index (κ1) is 48.9. The molecule has 0 aliphatic carbocycles. The number of nitrogens with zero attached hydrogens (tertiary/aromatic N) is 10. The van der Waals surface area contributed by atoms with Crippen LogP contribution in [0, 0.1) is 23.7 Å². The zero-order valence-electron chi connectivity index (χ0n) is 37.5. The van der Waals surface area contributed by atoms with Gasteiger partial charge in [0.05, 0.1) is 61.0 Å². The highest BCUT2D eigenvalue weighted by molar-refractivity contribution is 5.49. The van der Waals surface area contributed by atoms with Crippen molar-refractivity contribution in [2.24, 2.45) is 0 Å². The number of hydrogen-bond donors (Lipinski definition) is 6. The van der Waals surface area contributed by atoms with E-state index in [1.807, 2.05) is 58.2 Å². The molecule has 2 aromatic carbocycles. The second-order valence-electron chi connectivity index (χ2n) is 16.5. The Balaban J connectivity index is 0.000000201. The number of unbranched alkanes of at least 4 members (excludes halogenated alkanes) is 4. The molecule has 68 heavy (non-hydrogen) atoms. The fourth-order valence-electron chi connectivity index (χ4n) is 7.62. The van der Waals surface area contributed by atoms with Crippen LogP contribution in [-0.4, -0.2) is 107 Å². The predicted octanol–water partition coefficient (Wildman–Crippen LogP) is 1.74. The van der Waals surface area contributed by atoms with Crippen molar-refractivity contribution in [2.45, 2.75) is 114 Å². The summed E-state index contributed by atoms with van der Waals surface area (Å²) in [6, 6.07) is 20.2. The Morgan fingerprint density at radius 2 is 1.01 bits per heavy atom. The van der Waals surface area contributed by atoms with Gasteiger partial charge in [-0.25, -0.2) is 19.0 Å². The Kier molecular flexibility index (Phi) is 17.3. The number of benzene rings is 2. The summed E-state index contributed by atoms with van der Waals surface area (Å²) in [6.45, 7) is 0.737. The van der Waals surface area contributed by atoms with Gasteiger partial charge in [-0.3, -0.25) is 9.13 Å². The van der Waals surface area contributed by atoms with Crippen molar-refractivity contribution < 1.29 is 29.9 Å². The normalized spacial score (nSPS) is 19.6. The molecule has 2 aliphatic heterocycles. The van der Waals surface area contributed by atoms with E-state index >= 15 is 0 Å². The molecule has 0 spiro atoms. The van der Waals surface area contributed by atoms with Gasteiger partial charge in [-0.05, 0) is 49.7 Å². The van der Waals surface area contributed by atoms with Gasteiger partial charge in [-0.1, -0.05) is 94.8 Å². The summed E-state index contributed by atoms with van der Waals surface area (Å²) in [5.41, 5.74) is 15.7. The van der Waals surface area contributed by atoms with E-state index in [0.29, 0.717) is 37.1 Å². The van der Waals surface area contributed by atoms with E-state index in [4.69, 9.17) is 20.9 Å². The lowest BCUT2D eigenvalue weighted by atomic mass is 10.1. The molecule has 0 unspecified atom stereocenters. The molecule has 6 heterocycles. The second kappa shape index (κ2) is 24.1. The summed E-state index contributed by atoms with van der Waals surface area (Å²) < 4.78 is 17.3. The lowest BCUT2D eigenvalue weighted by Crippen LogP contribution is -2.28. The van der Waals surface area contributed by atoms with Crippen LogP contribution in [0.15, 0.2) is 95.0 Å². The van der Waals surface area contributed by atoms with Crippen LogP contribution < -0.4 is 22.8 Å². The summed E-state index contributed by atoms with van der Waals surface area (Å²) in [6.07, 6.45) is 9.23. The monoisotopic (exact) mass is 928 g/mol. The molecule has 8 N–H and O–H groups in total. The molecule has 356 valence electrons. The van der Waals surface area contributed by atoms with Crippen molar-refractivity contribution >= 4 is 11.6 Å². The number of aromatic nitrogens is 10. The first-order valence-corrected chi connectivity index (χ1v) is 22.6. The fraction of sp³-hybridized carbons (Fsp3) is 0.417. The Morgan fingerprint density at radius 1 is 0.603 bits per heavy atom. The van der Waals surface area contributed by atoms with E-state index in [1.165, 1.54) is 32.7 Å². The average molecular weight is 929 g/mol. The summed E-state index contributed by atoms with van der Waals surface area (Å²) >= 11 is 0. The largest absolute Gasteiger partial charge is 0.394 e. The van der Waals surface area contributed by atoms with Gasteiger partial charge in [0.15, 0.2) is 0 Å². The number of anilines is 2. The first-order valence-electron chi connectivity index (χ1n) is 22.6. The Morgan fingerprint density at radius 3 is 1.40 bits per heavy atom. The topological polar surface area (TPSA) is 283 Å². The summed E-state index contributed by atoms with van der Waals surface area (Å²) in [5, 5.41) is 55.2. The third kappa shape index (κ3) is 13.5. The molecule has 20 nitrogen and oxygen atoms in total. The van der Waals surface area contributed by atoms with Gasteiger partial charge in [0.1, 0.15) is 36.3 Å². The zero-order chi connectivity index (χ0) is 47.8. The highest BCUT2D eigenvalue weighted by Gasteiger charge is 2.36. The standard InChI is InChI=1S/2C24H28N6O4/c2*25-23-18(14-30(24(33)26-23)22-12-20(32)21(16-31)34-22)10-6-1-2-7-11-19-15-29(28-27-19)13-17-8-4-3-5-9-17/h2*3-5,8-9,14-15,20-22,31-32H,1-2,7,11-13,16H2,(H2,25,26,33)/t2*20-,21+,22+/m00/s1. The first-order chi connectivity index (χ1) is 33.1. The minimum atomic E-state index is -0.853. The number of ether oxygens (including phenoxy) is 2. The molecule has 2 fully saturated rings. The lowest BCUT2D eigenvalue weighted by molar-refractivity contribution is -0.0458. The minimum Gasteiger partial charge on any atom is -0.394 e. The van der Waals surface area contributed by atoms with Gasteiger partial charge in [-0.2, -0.15) is 9.97 Å². The molecule has 6 aromatic rings. The zero-order valence-corrected chi connectivity index (χ0v) is 37.5. The van der Waals surface area contributed by atoms with Gasteiger partial charge in [0, 0.05) is 50.5 Å². The Bertz CT molecular complexity index is 2620. The summed E-state index contributed by atoms with van der Waals surface area (Å²) in [4.78, 5) is 32.1. The van der Waals surface area contributed by atoms with Gasteiger partial charge in [0.25, 0.3) is 0 Å². The van der Waals surface area contributed by atoms with Crippen LogP contribution in [0.3, 0.4) is 0 Å². The maximum Gasteiger partial charge on any atom is 0.351 e. The number of aliphatic hydroxyl groups excluding tert-OH is 4. The summed E-state index contributed by atoms with van der Waals surface area (Å²) in [5.74, 6) is 12.2. The van der Waals surface area contributed by atoms with E-state index in [9.17, 15) is 30.0 Å². The van der Waals surface area contributed by atoms with Crippen molar-refractivity contribution in [3.8, 4) is 23.7 Å². The van der Waals surface area contributed by atoms with Gasteiger partial charge in [0.2, 0.25) is 0 Å². The number of aliphatic hydroxyl groups is 4. The highest BCUT2D eigenvalue weighted by atomic mass is 16.5. The molecule has 20 heteroatoms. The van der Waals surface area contributed by atoms with Crippen LogP contribution >= 0.6 is 0 Å². The number of rotatable bonds is 16. The number of nitrogens with two attached hydrogens (primary N) is 2. The number of hydrogen-bond acceptors (Lipinski definition) is 16. The smallest absolute Gasteiger partial charge is 0.351 e. The molecule has 0 bridgehead atoms. The highest BCUT2D eigenvalue weighted by Crippen LogP contribution is 2.29. The molecule has 0 amide bonds. The van der Waals surface area contributed by atoms with Crippen LogP contribution in [0.25, 0.3) is 0 Å². The molecule has 2 aliphatic rings. The van der Waals surface area contributed by atoms with Crippen LogP contribution in [0.2, 0.25) is 0 Å². The number of aryl methyl sites for hydroxylation is 2. The van der Waals surface area contributed by atoms with E-state index in [0.717, 1.165) is 49.9 Å². The average Bonchev–Trinajstić information content (AvgIpc) is 4.15. The van der Waals surface area contributed by atoms with Crippen molar-refractivity contribution in [1.29, 1.82) is 0 Å². The minimum absolute atomic E-state index is 0.0565. The van der Waals surface area contributed by atoms with Gasteiger partial charge < -0.3 is 41.4 Å². The maximum atomic E-state index is 12.2. The maximum absolute atomic E-state index is 12.2. The molecule has 0 saturated carbocycles. The van der Waals surface area contributed by atoms with E-state index < -0.39 is 48.3 Å². The van der Waals surface area contributed by atoms with E-state index in [2.05, 4.69) is 78.5 Å². The Labute approximate surface area is 392 Å². The second-order valence-corrected chi connectivity index (χ2v) is 16.5. The van der Waals surface area contributed by atoms with Crippen LogP contribution in [0.4, 0.5) is 11.6 Å². The molecule has 2 saturated heterocycles. The molecule has 0 radical (unpaired) electrons. The van der Waals surface area contributed by atoms with E-state index in [1.54, 1.807) is 0 Å². The third-order valence-corrected chi connectivity index (χ3v) is 11.3. The Hall–Kier alpha value is -7.04. The lowest BCUT2D eigenvalue weighted by Gasteiger charge is -2.15. The summed E-state index contributed by atoms with van der Waals surface area (Å²) in [7, 11) is 0. The molecule has 8 rings (SSSR count). The van der Waals surface area contributed by atoms with Crippen molar-refractivity contribution in [3.63, 3.8) is 0 Å².